The van der Waals surface area contributed by atoms with Gasteiger partial charge >= 0.3 is 0 Å². The summed E-state index contributed by atoms with van der Waals surface area (Å²) in [4.78, 5) is 28.0. The van der Waals surface area contributed by atoms with E-state index in [-0.39, 0.29) is 24.2 Å². The number of anilines is 1. The average molecular weight is 370 g/mol. The molecule has 2 aromatic carbocycles. The summed E-state index contributed by atoms with van der Waals surface area (Å²) in [7, 11) is 0. The van der Waals surface area contributed by atoms with Gasteiger partial charge in [0, 0.05) is 30.3 Å². The van der Waals surface area contributed by atoms with Gasteiger partial charge in [-0.25, -0.2) is 4.39 Å². The van der Waals surface area contributed by atoms with Crippen molar-refractivity contribution in [3.63, 3.8) is 0 Å². The molecular formula is C20H19FN2O2S. The van der Waals surface area contributed by atoms with Crippen LogP contribution in [0.1, 0.15) is 23.6 Å². The van der Waals surface area contributed by atoms with Crippen LogP contribution >= 0.6 is 11.8 Å². The van der Waals surface area contributed by atoms with Crippen LogP contribution in [0.5, 0.6) is 0 Å². The lowest BCUT2D eigenvalue weighted by Gasteiger charge is -2.32. The Balaban J connectivity index is 1.85. The van der Waals surface area contributed by atoms with Gasteiger partial charge in [-0.05, 0) is 19.1 Å². The van der Waals surface area contributed by atoms with E-state index in [1.54, 1.807) is 28.0 Å². The van der Waals surface area contributed by atoms with E-state index in [0.29, 0.717) is 17.9 Å². The first-order chi connectivity index (χ1) is 12.4. The molecule has 0 N–H and O–H groups in total. The van der Waals surface area contributed by atoms with Crippen LogP contribution in [-0.2, 0) is 21.0 Å². The second kappa shape index (κ2) is 6.13. The van der Waals surface area contributed by atoms with Crippen molar-refractivity contribution in [2.45, 2.75) is 25.3 Å². The maximum absolute atomic E-state index is 14.2. The minimum atomic E-state index is -1.03. The number of carbonyl (C=O) groups is 2. The van der Waals surface area contributed by atoms with Crippen molar-refractivity contribution in [2.24, 2.45) is 0 Å². The first kappa shape index (κ1) is 17.1. The van der Waals surface area contributed by atoms with E-state index in [2.05, 4.69) is 0 Å². The average Bonchev–Trinajstić information content (AvgIpc) is 3.15. The molecular weight excluding hydrogens is 351 g/mol. The van der Waals surface area contributed by atoms with Gasteiger partial charge in [0.05, 0.1) is 12.2 Å². The van der Waals surface area contributed by atoms with Gasteiger partial charge in [-0.3, -0.25) is 9.59 Å². The first-order valence-corrected chi connectivity index (χ1v) is 9.52. The van der Waals surface area contributed by atoms with Crippen molar-refractivity contribution in [1.29, 1.82) is 0 Å². The molecule has 1 saturated heterocycles. The Labute approximate surface area is 156 Å². The van der Waals surface area contributed by atoms with Gasteiger partial charge in [-0.1, -0.05) is 35.9 Å². The van der Waals surface area contributed by atoms with Crippen LogP contribution < -0.4 is 4.90 Å². The predicted octanol–water partition coefficient (Wildman–Crippen LogP) is 3.43. The van der Waals surface area contributed by atoms with E-state index in [1.165, 1.54) is 24.8 Å². The van der Waals surface area contributed by atoms with E-state index >= 15 is 0 Å². The third-order valence-corrected chi connectivity index (χ3v) is 6.43. The molecule has 0 saturated carbocycles. The molecule has 0 aliphatic carbocycles. The van der Waals surface area contributed by atoms with Crippen LogP contribution in [-0.4, -0.2) is 29.0 Å². The van der Waals surface area contributed by atoms with Crippen LogP contribution in [0.25, 0.3) is 0 Å². The van der Waals surface area contributed by atoms with Crippen molar-refractivity contribution < 1.29 is 14.0 Å². The molecule has 2 aromatic rings. The van der Waals surface area contributed by atoms with Gasteiger partial charge in [0.25, 0.3) is 5.91 Å². The molecule has 4 rings (SSSR count). The lowest BCUT2D eigenvalue weighted by molar-refractivity contribution is -0.138. The van der Waals surface area contributed by atoms with Crippen molar-refractivity contribution in [1.82, 2.24) is 4.90 Å². The fourth-order valence-electron chi connectivity index (χ4n) is 3.82. The smallest absolute Gasteiger partial charge is 0.268 e. The van der Waals surface area contributed by atoms with E-state index in [0.717, 1.165) is 16.8 Å². The molecule has 0 aromatic heterocycles. The van der Waals surface area contributed by atoms with Gasteiger partial charge in [0.2, 0.25) is 5.91 Å². The largest absolute Gasteiger partial charge is 0.315 e. The summed E-state index contributed by atoms with van der Waals surface area (Å²) in [5, 5.41) is 0. The first-order valence-electron chi connectivity index (χ1n) is 8.54. The summed E-state index contributed by atoms with van der Waals surface area (Å²) in [6, 6.07) is 12.3. The van der Waals surface area contributed by atoms with Crippen LogP contribution in [0.4, 0.5) is 10.1 Å². The van der Waals surface area contributed by atoms with Gasteiger partial charge in [-0.2, -0.15) is 0 Å². The van der Waals surface area contributed by atoms with Gasteiger partial charge in [0.1, 0.15) is 5.82 Å². The highest BCUT2D eigenvalue weighted by atomic mass is 32.2. The number of carbonyl (C=O) groups excluding carboxylic acids is 2. The summed E-state index contributed by atoms with van der Waals surface area (Å²) in [5.41, 5.74) is 3.07. The number of fused-ring (bicyclic) bond motifs is 2. The van der Waals surface area contributed by atoms with Crippen molar-refractivity contribution in [3.8, 4) is 0 Å². The molecule has 4 nitrogen and oxygen atoms in total. The van der Waals surface area contributed by atoms with Crippen LogP contribution in [0.3, 0.4) is 0 Å². The lowest BCUT2D eigenvalue weighted by atomic mass is 10.0. The summed E-state index contributed by atoms with van der Waals surface area (Å²) in [6.07, 6.45) is 0. The molecule has 1 atom stereocenters. The number of nitrogens with zero attached hydrogens (tertiary/aromatic N) is 2. The number of benzene rings is 2. The minimum Gasteiger partial charge on any atom is -0.315 e. The summed E-state index contributed by atoms with van der Waals surface area (Å²) in [6.45, 7) is 4.15. The summed E-state index contributed by atoms with van der Waals surface area (Å²) < 4.78 is 14.2. The number of hydrogen-bond donors (Lipinski definition) is 0. The molecule has 134 valence electrons. The third-order valence-electron chi connectivity index (χ3n) is 5.02. The lowest BCUT2D eigenvalue weighted by Crippen LogP contribution is -2.49. The molecule has 2 aliphatic rings. The topological polar surface area (TPSA) is 40.6 Å². The second-order valence-electron chi connectivity index (χ2n) is 6.67. The summed E-state index contributed by atoms with van der Waals surface area (Å²) >= 11 is 1.49. The Morgan fingerprint density at radius 1 is 1.27 bits per heavy atom. The second-order valence-corrected chi connectivity index (χ2v) is 7.95. The number of hydrogen-bond acceptors (Lipinski definition) is 3. The fourth-order valence-corrected chi connectivity index (χ4v) is 5.32. The van der Waals surface area contributed by atoms with Crippen molar-refractivity contribution >= 4 is 29.3 Å². The zero-order chi connectivity index (χ0) is 18.5. The fraction of sp³-hybridized carbons (Fsp3) is 0.300. The Morgan fingerprint density at radius 2 is 2.04 bits per heavy atom. The SMILES string of the molecule is CC(=O)N1CCSC12C(=O)N(Cc1ccccc1F)c1ccc(C)cc12. The van der Waals surface area contributed by atoms with Crippen molar-refractivity contribution in [3.05, 3.63) is 65.0 Å². The van der Waals surface area contributed by atoms with Crippen LogP contribution in [0, 0.1) is 12.7 Å². The monoisotopic (exact) mass is 370 g/mol. The molecule has 1 unspecified atom stereocenters. The van der Waals surface area contributed by atoms with Gasteiger partial charge in [0.15, 0.2) is 4.87 Å². The third kappa shape index (κ3) is 2.35. The van der Waals surface area contributed by atoms with Crippen LogP contribution in [0.2, 0.25) is 0 Å². The maximum atomic E-state index is 14.2. The maximum Gasteiger partial charge on any atom is 0.268 e. The Bertz CT molecular complexity index is 916. The minimum absolute atomic E-state index is 0.122. The normalized spacial score (nSPS) is 21.6. The molecule has 2 aliphatic heterocycles. The highest BCUT2D eigenvalue weighted by molar-refractivity contribution is 8.01. The number of thioether (sulfide) groups is 1. The predicted molar refractivity (Wildman–Crippen MR) is 100 cm³/mol. The zero-order valence-electron chi connectivity index (χ0n) is 14.7. The quantitative estimate of drug-likeness (QED) is 0.813. The molecule has 0 radical (unpaired) electrons. The molecule has 0 bridgehead atoms. The number of rotatable bonds is 2. The Kier molecular flexibility index (Phi) is 4.03. The molecule has 6 heteroatoms. The highest BCUT2D eigenvalue weighted by Crippen LogP contribution is 2.54. The molecule has 26 heavy (non-hydrogen) atoms. The van der Waals surface area contributed by atoms with E-state index in [4.69, 9.17) is 0 Å². The number of halogens is 1. The molecule has 1 spiro atoms. The van der Waals surface area contributed by atoms with Crippen molar-refractivity contribution in [2.75, 3.05) is 17.2 Å². The number of amides is 2. The highest BCUT2D eigenvalue weighted by Gasteiger charge is 2.58. The molecule has 2 heterocycles. The van der Waals surface area contributed by atoms with E-state index < -0.39 is 4.87 Å². The summed E-state index contributed by atoms with van der Waals surface area (Å²) in [5.74, 6) is 0.0756. The molecule has 1 fully saturated rings. The zero-order valence-corrected chi connectivity index (χ0v) is 15.5. The van der Waals surface area contributed by atoms with E-state index in [9.17, 15) is 14.0 Å². The van der Waals surface area contributed by atoms with Gasteiger partial charge < -0.3 is 9.80 Å². The number of aryl methyl sites for hydroxylation is 1. The standard InChI is InChI=1S/C20H19FN2O2S/c1-13-7-8-18-16(11-13)20(23(14(2)24)9-10-26-20)19(25)22(18)12-15-5-3-4-6-17(15)21/h3-8,11H,9-10,12H2,1-2H3. The Hall–Kier alpha value is -2.34. The Morgan fingerprint density at radius 3 is 2.77 bits per heavy atom. The van der Waals surface area contributed by atoms with E-state index in [1.807, 2.05) is 25.1 Å². The van der Waals surface area contributed by atoms with Crippen LogP contribution in [0.15, 0.2) is 42.5 Å². The molecule has 2 amide bonds. The van der Waals surface area contributed by atoms with Gasteiger partial charge in [-0.15, -0.1) is 11.8 Å².